The van der Waals surface area contributed by atoms with Crippen molar-refractivity contribution in [1.29, 1.82) is 0 Å². The summed E-state index contributed by atoms with van der Waals surface area (Å²) >= 11 is 6.38. The van der Waals surface area contributed by atoms with E-state index in [-0.39, 0.29) is 17.7 Å². The van der Waals surface area contributed by atoms with Gasteiger partial charge in [-0.05, 0) is 35.8 Å². The summed E-state index contributed by atoms with van der Waals surface area (Å²) in [5.74, 6) is -0.0287. The first-order valence-electron chi connectivity index (χ1n) is 9.73. The van der Waals surface area contributed by atoms with E-state index in [1.54, 1.807) is 17.0 Å². The summed E-state index contributed by atoms with van der Waals surface area (Å²) in [6.45, 7) is 3.72. The van der Waals surface area contributed by atoms with Crippen molar-refractivity contribution in [3.8, 4) is 11.4 Å². The van der Waals surface area contributed by atoms with Crippen LogP contribution in [0.2, 0.25) is 5.02 Å². The molecule has 1 atom stereocenters. The highest BCUT2D eigenvalue weighted by Crippen LogP contribution is 2.31. The molecule has 156 valence electrons. The maximum atomic E-state index is 13.2. The number of tetrazole rings is 1. The van der Waals surface area contributed by atoms with E-state index in [1.165, 1.54) is 18.1 Å². The van der Waals surface area contributed by atoms with Crippen LogP contribution in [0, 0.1) is 5.92 Å². The lowest BCUT2D eigenvalue weighted by atomic mass is 9.96. The van der Waals surface area contributed by atoms with Gasteiger partial charge in [0.1, 0.15) is 12.1 Å². The second kappa shape index (κ2) is 9.69. The highest BCUT2D eigenvalue weighted by molar-refractivity contribution is 6.33. The van der Waals surface area contributed by atoms with Crippen LogP contribution < -0.4 is 10.1 Å². The van der Waals surface area contributed by atoms with Gasteiger partial charge < -0.3 is 15.0 Å². The van der Waals surface area contributed by atoms with Crippen LogP contribution in [0.15, 0.2) is 18.5 Å². The molecule has 0 aliphatic carbocycles. The van der Waals surface area contributed by atoms with Crippen molar-refractivity contribution in [3.05, 3.63) is 29.0 Å². The fourth-order valence-corrected chi connectivity index (χ4v) is 3.65. The van der Waals surface area contributed by atoms with E-state index in [9.17, 15) is 9.59 Å². The Hall–Kier alpha value is -2.68. The van der Waals surface area contributed by atoms with Gasteiger partial charge >= 0.3 is 0 Å². The topological polar surface area (TPSA) is 102 Å². The average molecular weight is 421 g/mol. The van der Waals surface area contributed by atoms with Gasteiger partial charge in [0.15, 0.2) is 0 Å². The van der Waals surface area contributed by atoms with Crippen LogP contribution in [-0.2, 0) is 4.79 Å². The third-order valence-corrected chi connectivity index (χ3v) is 5.31. The Kier molecular flexibility index (Phi) is 7.03. The maximum Gasteiger partial charge on any atom is 0.257 e. The van der Waals surface area contributed by atoms with E-state index in [4.69, 9.17) is 16.3 Å². The largest absolute Gasteiger partial charge is 0.496 e. The molecule has 0 radical (unpaired) electrons. The van der Waals surface area contributed by atoms with Crippen molar-refractivity contribution in [3.63, 3.8) is 0 Å². The zero-order valence-electron chi connectivity index (χ0n) is 16.6. The molecular formula is C19H25ClN6O3. The molecule has 1 aromatic carbocycles. The predicted molar refractivity (Wildman–Crippen MR) is 107 cm³/mol. The number of rotatable bonds is 7. The molecule has 3 rings (SSSR count). The molecule has 29 heavy (non-hydrogen) atoms. The number of piperidine rings is 1. The number of carbonyl (C=O) groups is 2. The quantitative estimate of drug-likeness (QED) is 0.688. The van der Waals surface area contributed by atoms with Gasteiger partial charge in [0.2, 0.25) is 5.91 Å². The molecular weight excluding hydrogens is 396 g/mol. The van der Waals surface area contributed by atoms with Crippen molar-refractivity contribution in [2.24, 2.45) is 5.92 Å². The van der Waals surface area contributed by atoms with Gasteiger partial charge in [0.25, 0.3) is 5.91 Å². The van der Waals surface area contributed by atoms with Crippen LogP contribution in [0.1, 0.15) is 43.0 Å². The van der Waals surface area contributed by atoms with Crippen molar-refractivity contribution in [1.82, 2.24) is 30.4 Å². The molecule has 1 fully saturated rings. The number of benzene rings is 1. The minimum Gasteiger partial charge on any atom is -0.496 e. The molecule has 0 spiro atoms. The Bertz CT molecular complexity index is 858. The van der Waals surface area contributed by atoms with Crippen LogP contribution in [0.4, 0.5) is 0 Å². The van der Waals surface area contributed by atoms with Gasteiger partial charge in [-0.2, -0.15) is 4.68 Å². The maximum absolute atomic E-state index is 13.2. The van der Waals surface area contributed by atoms with Crippen molar-refractivity contribution >= 4 is 23.4 Å². The molecule has 2 amide bonds. The number of hydrogen-bond acceptors (Lipinski definition) is 6. The number of likely N-dealkylation sites (tertiary alicyclic amines) is 1. The van der Waals surface area contributed by atoms with Gasteiger partial charge in [-0.25, -0.2) is 0 Å². The number of nitrogens with one attached hydrogen (secondary N) is 1. The Balaban J connectivity index is 1.77. The first-order chi connectivity index (χ1) is 14.0. The Morgan fingerprint density at radius 1 is 1.38 bits per heavy atom. The van der Waals surface area contributed by atoms with Crippen molar-refractivity contribution < 1.29 is 14.3 Å². The molecule has 10 heteroatoms. The van der Waals surface area contributed by atoms with Crippen molar-refractivity contribution in [2.45, 2.75) is 32.6 Å². The summed E-state index contributed by atoms with van der Waals surface area (Å²) in [7, 11) is 1.49. The number of methoxy groups -OCH3 is 1. The Morgan fingerprint density at radius 2 is 2.21 bits per heavy atom. The molecule has 1 N–H and O–H groups in total. The number of halogens is 1. The smallest absolute Gasteiger partial charge is 0.257 e. The summed E-state index contributed by atoms with van der Waals surface area (Å²) in [6, 6.07) is 3.19. The lowest BCUT2D eigenvalue weighted by molar-refractivity contribution is -0.126. The monoisotopic (exact) mass is 420 g/mol. The highest BCUT2D eigenvalue weighted by Gasteiger charge is 2.30. The fourth-order valence-electron chi connectivity index (χ4n) is 3.40. The van der Waals surface area contributed by atoms with Gasteiger partial charge in [-0.15, -0.1) is 5.10 Å². The number of nitrogens with zero attached hydrogens (tertiary/aromatic N) is 5. The third-order valence-electron chi connectivity index (χ3n) is 5.00. The third kappa shape index (κ3) is 4.84. The van der Waals surface area contributed by atoms with E-state index in [0.717, 1.165) is 25.7 Å². The molecule has 9 nitrogen and oxygen atoms in total. The average Bonchev–Trinajstić information content (AvgIpc) is 3.27. The Labute approximate surface area is 174 Å². The van der Waals surface area contributed by atoms with Gasteiger partial charge in [0, 0.05) is 25.7 Å². The first kappa shape index (κ1) is 21.0. The first-order valence-corrected chi connectivity index (χ1v) is 10.1. The minimum atomic E-state index is -0.210. The van der Waals surface area contributed by atoms with Crippen molar-refractivity contribution in [2.75, 3.05) is 26.7 Å². The van der Waals surface area contributed by atoms with Crippen LogP contribution in [0.25, 0.3) is 5.69 Å². The molecule has 1 saturated heterocycles. The summed E-state index contributed by atoms with van der Waals surface area (Å²) in [5, 5.41) is 14.3. The number of amides is 2. The van der Waals surface area contributed by atoms with Gasteiger partial charge in [-0.1, -0.05) is 24.9 Å². The summed E-state index contributed by atoms with van der Waals surface area (Å²) in [5.41, 5.74) is 0.859. The molecule has 0 bridgehead atoms. The highest BCUT2D eigenvalue weighted by atomic mass is 35.5. The standard InChI is InChI=1S/C19H25ClN6O3/c1-3-4-7-21-18(27)13-6-5-8-25(11-13)19(28)14-9-15(20)16(10-17(14)29-2)26-12-22-23-24-26/h9-10,12-13H,3-8,11H2,1-2H3,(H,21,27). The normalized spacial score (nSPS) is 16.5. The van der Waals surface area contributed by atoms with E-state index in [2.05, 4.69) is 27.8 Å². The summed E-state index contributed by atoms with van der Waals surface area (Å²) in [4.78, 5) is 27.3. The number of ether oxygens (including phenoxy) is 1. The van der Waals surface area contributed by atoms with Crippen LogP contribution in [-0.4, -0.2) is 63.7 Å². The predicted octanol–water partition coefficient (Wildman–Crippen LogP) is 2.09. The molecule has 1 aliphatic rings. The van der Waals surface area contributed by atoms with Crippen LogP contribution >= 0.6 is 11.6 Å². The van der Waals surface area contributed by atoms with Crippen LogP contribution in [0.5, 0.6) is 5.75 Å². The number of carbonyl (C=O) groups excluding carboxylic acids is 2. The molecule has 0 saturated carbocycles. The number of unbranched alkanes of at least 4 members (excludes halogenated alkanes) is 1. The summed E-state index contributed by atoms with van der Waals surface area (Å²) < 4.78 is 6.82. The molecule has 1 aromatic heterocycles. The molecule has 1 aliphatic heterocycles. The zero-order valence-corrected chi connectivity index (χ0v) is 17.4. The molecule has 1 unspecified atom stereocenters. The van der Waals surface area contributed by atoms with E-state index in [0.29, 0.717) is 41.7 Å². The number of aromatic nitrogens is 4. The van der Waals surface area contributed by atoms with Gasteiger partial charge in [-0.3, -0.25) is 9.59 Å². The lowest BCUT2D eigenvalue weighted by Crippen LogP contribution is -2.45. The van der Waals surface area contributed by atoms with E-state index in [1.807, 2.05) is 0 Å². The SMILES string of the molecule is CCCCNC(=O)C1CCCN(C(=O)c2cc(Cl)c(-n3cnnn3)cc2OC)C1. The minimum absolute atomic E-state index is 0.00924. The summed E-state index contributed by atoms with van der Waals surface area (Å²) in [6.07, 6.45) is 4.93. The van der Waals surface area contributed by atoms with E-state index >= 15 is 0 Å². The number of hydrogen-bond donors (Lipinski definition) is 1. The van der Waals surface area contributed by atoms with E-state index < -0.39 is 0 Å². The Morgan fingerprint density at radius 3 is 2.90 bits per heavy atom. The molecule has 2 heterocycles. The van der Waals surface area contributed by atoms with Gasteiger partial charge in [0.05, 0.1) is 29.3 Å². The lowest BCUT2D eigenvalue weighted by Gasteiger charge is -2.32. The molecule has 2 aromatic rings. The fraction of sp³-hybridized carbons (Fsp3) is 0.526. The zero-order chi connectivity index (χ0) is 20.8. The second-order valence-electron chi connectivity index (χ2n) is 6.99. The van der Waals surface area contributed by atoms with Crippen LogP contribution in [0.3, 0.4) is 0 Å². The second-order valence-corrected chi connectivity index (χ2v) is 7.40.